The average Bonchev–Trinajstić information content (AvgIpc) is 2.29. The minimum absolute atomic E-state index is 0.146. The van der Waals surface area contributed by atoms with E-state index in [1.54, 1.807) is 0 Å². The Kier molecular flexibility index (Phi) is 6.22. The molecular weight excluding hydrogens is 252 g/mol. The summed E-state index contributed by atoms with van der Waals surface area (Å²) in [7, 11) is 0. The molecule has 2 N–H and O–H groups in total. The Morgan fingerprint density at radius 2 is 2.11 bits per heavy atom. The lowest BCUT2D eigenvalue weighted by molar-refractivity contribution is -0.119. The molecule has 3 amide bonds. The molecule has 18 heavy (non-hydrogen) atoms. The van der Waals surface area contributed by atoms with Gasteiger partial charge in [0.25, 0.3) is 0 Å². The van der Waals surface area contributed by atoms with Crippen LogP contribution in [0.1, 0.15) is 17.5 Å². The molecule has 0 spiro atoms. The Bertz CT molecular complexity index is 421. The van der Waals surface area contributed by atoms with Crippen LogP contribution in [0.5, 0.6) is 0 Å². The van der Waals surface area contributed by atoms with Gasteiger partial charge in [-0.25, -0.2) is 4.79 Å². The summed E-state index contributed by atoms with van der Waals surface area (Å²) in [4.78, 5) is 22.4. The average molecular weight is 269 g/mol. The molecule has 0 bridgehead atoms. The van der Waals surface area contributed by atoms with E-state index in [2.05, 4.69) is 16.7 Å². The van der Waals surface area contributed by atoms with E-state index in [0.717, 1.165) is 12.0 Å². The molecule has 1 aromatic rings. The van der Waals surface area contributed by atoms with E-state index in [1.807, 2.05) is 25.1 Å². The molecule has 0 aliphatic carbocycles. The number of rotatable bonds is 5. The lowest BCUT2D eigenvalue weighted by Gasteiger charge is -2.06. The van der Waals surface area contributed by atoms with Crippen LogP contribution in [0.2, 0.25) is 0 Å². The van der Waals surface area contributed by atoms with E-state index >= 15 is 0 Å². The highest BCUT2D eigenvalue weighted by Gasteiger charge is 2.05. The number of carbonyl (C=O) groups is 2. The van der Waals surface area contributed by atoms with Crippen molar-refractivity contribution in [3.63, 3.8) is 0 Å². The molecule has 0 atom stereocenters. The van der Waals surface area contributed by atoms with Gasteiger partial charge in [-0.15, -0.1) is 11.6 Å². The van der Waals surface area contributed by atoms with Crippen LogP contribution in [0, 0.1) is 6.92 Å². The number of amides is 3. The van der Waals surface area contributed by atoms with E-state index in [0.29, 0.717) is 6.54 Å². The third kappa shape index (κ3) is 5.68. The number of urea groups is 1. The Morgan fingerprint density at radius 1 is 1.33 bits per heavy atom. The van der Waals surface area contributed by atoms with Crippen molar-refractivity contribution in [1.82, 2.24) is 10.6 Å². The predicted octanol–water partition coefficient (Wildman–Crippen LogP) is 1.99. The normalized spacial score (nSPS) is 9.89. The van der Waals surface area contributed by atoms with Crippen LogP contribution >= 0.6 is 11.6 Å². The molecule has 5 heteroatoms. The maximum Gasteiger partial charge on any atom is 0.321 e. The Balaban J connectivity index is 2.25. The van der Waals surface area contributed by atoms with Gasteiger partial charge in [-0.1, -0.05) is 29.8 Å². The third-order valence-corrected chi connectivity index (χ3v) is 2.55. The van der Waals surface area contributed by atoms with E-state index in [1.165, 1.54) is 5.56 Å². The first-order chi connectivity index (χ1) is 8.61. The number of carbonyl (C=O) groups excluding carboxylic acids is 2. The van der Waals surface area contributed by atoms with Crippen LogP contribution in [0.25, 0.3) is 0 Å². The van der Waals surface area contributed by atoms with E-state index in [9.17, 15) is 9.59 Å². The van der Waals surface area contributed by atoms with Gasteiger partial charge < -0.3 is 5.32 Å². The fourth-order valence-electron chi connectivity index (χ4n) is 1.51. The van der Waals surface area contributed by atoms with Gasteiger partial charge in [-0.05, 0) is 18.9 Å². The molecule has 0 saturated carbocycles. The number of aryl methyl sites for hydroxylation is 1. The molecule has 0 heterocycles. The second-order valence-corrected chi connectivity index (χ2v) is 4.36. The monoisotopic (exact) mass is 268 g/mol. The van der Waals surface area contributed by atoms with Crippen molar-refractivity contribution in [3.8, 4) is 0 Å². The van der Waals surface area contributed by atoms with Crippen LogP contribution in [-0.4, -0.2) is 24.4 Å². The maximum atomic E-state index is 11.3. The van der Waals surface area contributed by atoms with Crippen LogP contribution in [0.4, 0.5) is 4.79 Å². The summed E-state index contributed by atoms with van der Waals surface area (Å²) in [6, 6.07) is 7.60. The van der Waals surface area contributed by atoms with Crippen molar-refractivity contribution in [2.24, 2.45) is 0 Å². The number of hydrogen-bond donors (Lipinski definition) is 2. The fourth-order valence-corrected chi connectivity index (χ4v) is 1.68. The Labute approximate surface area is 112 Å². The van der Waals surface area contributed by atoms with Gasteiger partial charge in [0.1, 0.15) is 0 Å². The number of hydrogen-bond acceptors (Lipinski definition) is 2. The van der Waals surface area contributed by atoms with Crippen molar-refractivity contribution in [3.05, 3.63) is 35.4 Å². The molecule has 1 rings (SSSR count). The van der Waals surface area contributed by atoms with Crippen LogP contribution in [0.3, 0.4) is 0 Å². The Hall–Kier alpha value is -1.55. The van der Waals surface area contributed by atoms with Gasteiger partial charge in [0.05, 0.1) is 0 Å². The molecule has 0 unspecified atom stereocenters. The predicted molar refractivity (Wildman–Crippen MR) is 71.8 cm³/mol. The number of halogens is 1. The summed E-state index contributed by atoms with van der Waals surface area (Å²) >= 11 is 5.39. The standard InChI is InChI=1S/C13H17ClN2O2/c1-10-3-2-4-11(9-10)6-8-15-13(18)16-12(17)5-7-14/h2-4,9H,5-8H2,1H3,(H2,15,16,17,18). The van der Waals surface area contributed by atoms with Crippen molar-refractivity contribution in [1.29, 1.82) is 0 Å². The fraction of sp³-hybridized carbons (Fsp3) is 0.385. The molecule has 4 nitrogen and oxygen atoms in total. The van der Waals surface area contributed by atoms with Gasteiger partial charge in [-0.2, -0.15) is 0 Å². The second kappa shape index (κ2) is 7.71. The first-order valence-corrected chi connectivity index (χ1v) is 6.34. The van der Waals surface area contributed by atoms with E-state index < -0.39 is 6.03 Å². The highest BCUT2D eigenvalue weighted by Crippen LogP contribution is 2.03. The Morgan fingerprint density at radius 3 is 2.78 bits per heavy atom. The van der Waals surface area contributed by atoms with Crippen molar-refractivity contribution in [2.45, 2.75) is 19.8 Å². The first-order valence-electron chi connectivity index (χ1n) is 5.81. The van der Waals surface area contributed by atoms with E-state index in [4.69, 9.17) is 11.6 Å². The van der Waals surface area contributed by atoms with Crippen molar-refractivity contribution < 1.29 is 9.59 Å². The summed E-state index contributed by atoms with van der Waals surface area (Å²) in [6.45, 7) is 2.51. The van der Waals surface area contributed by atoms with Crippen LogP contribution in [0.15, 0.2) is 24.3 Å². The van der Waals surface area contributed by atoms with Crippen molar-refractivity contribution in [2.75, 3.05) is 12.4 Å². The largest absolute Gasteiger partial charge is 0.337 e. The highest BCUT2D eigenvalue weighted by atomic mass is 35.5. The third-order valence-electron chi connectivity index (χ3n) is 2.36. The zero-order valence-electron chi connectivity index (χ0n) is 10.3. The minimum atomic E-state index is -0.474. The van der Waals surface area contributed by atoms with Gasteiger partial charge in [-0.3, -0.25) is 10.1 Å². The molecule has 0 aliphatic heterocycles. The zero-order valence-corrected chi connectivity index (χ0v) is 11.1. The highest BCUT2D eigenvalue weighted by molar-refractivity contribution is 6.19. The van der Waals surface area contributed by atoms with Gasteiger partial charge in [0.2, 0.25) is 5.91 Å². The van der Waals surface area contributed by atoms with E-state index in [-0.39, 0.29) is 18.2 Å². The quantitative estimate of drug-likeness (QED) is 0.803. The second-order valence-electron chi connectivity index (χ2n) is 3.98. The minimum Gasteiger partial charge on any atom is -0.337 e. The number of alkyl halides is 1. The first kappa shape index (κ1) is 14.5. The lowest BCUT2D eigenvalue weighted by atomic mass is 10.1. The van der Waals surface area contributed by atoms with Crippen LogP contribution in [-0.2, 0) is 11.2 Å². The topological polar surface area (TPSA) is 58.2 Å². The maximum absolute atomic E-state index is 11.3. The summed E-state index contributed by atoms with van der Waals surface area (Å²) in [5, 5.41) is 4.83. The molecule has 0 aromatic heterocycles. The molecule has 0 saturated heterocycles. The number of benzene rings is 1. The van der Waals surface area contributed by atoms with Crippen LogP contribution < -0.4 is 10.6 Å². The van der Waals surface area contributed by atoms with Gasteiger partial charge >= 0.3 is 6.03 Å². The molecule has 0 fully saturated rings. The summed E-state index contributed by atoms with van der Waals surface area (Å²) in [6.07, 6.45) is 0.881. The van der Waals surface area contributed by atoms with Gasteiger partial charge in [0, 0.05) is 18.8 Å². The molecule has 1 aromatic carbocycles. The zero-order chi connectivity index (χ0) is 13.4. The SMILES string of the molecule is Cc1cccc(CCNC(=O)NC(=O)CCCl)c1. The summed E-state index contributed by atoms with van der Waals surface area (Å²) in [5.41, 5.74) is 2.34. The summed E-state index contributed by atoms with van der Waals surface area (Å²) < 4.78 is 0. The molecule has 0 radical (unpaired) electrons. The smallest absolute Gasteiger partial charge is 0.321 e. The van der Waals surface area contributed by atoms with Crippen molar-refractivity contribution >= 4 is 23.5 Å². The number of nitrogens with one attached hydrogen (secondary N) is 2. The molecule has 98 valence electrons. The molecular formula is C13H17ClN2O2. The lowest BCUT2D eigenvalue weighted by Crippen LogP contribution is -2.40. The summed E-state index contributed by atoms with van der Waals surface area (Å²) in [5.74, 6) is -0.152. The number of imide groups is 1. The van der Waals surface area contributed by atoms with Gasteiger partial charge in [0.15, 0.2) is 0 Å². The molecule has 0 aliphatic rings.